The van der Waals surface area contributed by atoms with Crippen molar-refractivity contribution in [2.24, 2.45) is 0 Å². The summed E-state index contributed by atoms with van der Waals surface area (Å²) < 4.78 is 5.05. The first-order valence-corrected chi connectivity index (χ1v) is 8.69. The van der Waals surface area contributed by atoms with E-state index in [-0.39, 0.29) is 18.6 Å². The van der Waals surface area contributed by atoms with E-state index in [4.69, 9.17) is 40.2 Å². The van der Waals surface area contributed by atoms with Crippen LogP contribution in [-0.2, 0) is 16.1 Å². The van der Waals surface area contributed by atoms with Gasteiger partial charge in [-0.1, -0.05) is 29.3 Å². The van der Waals surface area contributed by atoms with Crippen LogP contribution in [0, 0.1) is 0 Å². The van der Waals surface area contributed by atoms with Crippen molar-refractivity contribution in [2.75, 3.05) is 19.7 Å². The molecule has 1 aromatic carbocycles. The number of nitrogens with zero attached hydrogens (tertiary/aromatic N) is 1. The molecule has 0 unspecified atom stereocenters. The molecule has 7 heteroatoms. The van der Waals surface area contributed by atoms with E-state index in [1.165, 1.54) is 0 Å². The number of hydrogen-bond acceptors (Lipinski definition) is 4. The first kappa shape index (κ1) is 18.5. The number of rotatable bonds is 5. The van der Waals surface area contributed by atoms with Gasteiger partial charge in [-0.2, -0.15) is 0 Å². The van der Waals surface area contributed by atoms with Crippen LogP contribution in [0.4, 0.5) is 0 Å². The predicted octanol–water partition coefficient (Wildman–Crippen LogP) is 3.44. The highest BCUT2D eigenvalue weighted by Crippen LogP contribution is 2.24. The highest BCUT2D eigenvalue weighted by molar-refractivity contribution is 7.80. The Kier molecular flexibility index (Phi) is 7.09. The number of thiocarbonyl (C=S) groups is 1. The minimum absolute atomic E-state index is 0.00117. The molecule has 1 aliphatic heterocycles. The average molecular weight is 375 g/mol. The number of benzene rings is 1. The molecule has 1 aliphatic rings. The van der Waals surface area contributed by atoms with Gasteiger partial charge in [0.2, 0.25) is 0 Å². The molecule has 0 spiro atoms. The maximum Gasteiger partial charge on any atom is 0.258 e. The monoisotopic (exact) mass is 374 g/mol. The van der Waals surface area contributed by atoms with Crippen LogP contribution in [0.15, 0.2) is 18.2 Å². The number of carbonyl (C=O) groups excluding carboxylic acids is 1. The van der Waals surface area contributed by atoms with Crippen LogP contribution >= 0.6 is 35.4 Å². The zero-order valence-corrected chi connectivity index (χ0v) is 15.3. The fourth-order valence-electron chi connectivity index (χ4n) is 2.57. The van der Waals surface area contributed by atoms with Crippen molar-refractivity contribution in [1.29, 1.82) is 0 Å². The van der Waals surface area contributed by atoms with Crippen LogP contribution in [0.25, 0.3) is 0 Å². The second kappa shape index (κ2) is 8.83. The van der Waals surface area contributed by atoms with Crippen molar-refractivity contribution in [1.82, 2.24) is 10.2 Å². The Hall–Kier alpha value is -0.880. The fraction of sp³-hybridized carbons (Fsp3) is 0.500. The molecule has 126 valence electrons. The largest absolute Gasteiger partial charge is 0.478 e. The molecular weight excluding hydrogens is 355 g/mol. The Balaban J connectivity index is 1.74. The van der Waals surface area contributed by atoms with Gasteiger partial charge in [0.15, 0.2) is 11.7 Å². The topological polar surface area (TPSA) is 41.6 Å². The smallest absolute Gasteiger partial charge is 0.258 e. The normalized spacial score (nSPS) is 16.1. The third kappa shape index (κ3) is 6.26. The van der Waals surface area contributed by atoms with Crippen molar-refractivity contribution >= 4 is 46.4 Å². The zero-order chi connectivity index (χ0) is 16.8. The van der Waals surface area contributed by atoms with Crippen molar-refractivity contribution in [3.63, 3.8) is 0 Å². The second-order valence-electron chi connectivity index (χ2n) is 5.65. The summed E-state index contributed by atoms with van der Waals surface area (Å²) in [5, 5.41) is 4.53. The average Bonchev–Trinajstić information content (AvgIpc) is 2.51. The molecule has 1 N–H and O–H groups in total. The number of nitrogens with one attached hydrogen (secondary N) is 1. The predicted molar refractivity (Wildman–Crippen MR) is 97.1 cm³/mol. The van der Waals surface area contributed by atoms with Crippen LogP contribution in [0.3, 0.4) is 0 Å². The summed E-state index contributed by atoms with van der Waals surface area (Å²) in [6, 6.07) is 5.92. The summed E-state index contributed by atoms with van der Waals surface area (Å²) in [5.41, 5.74) is 1.15. The lowest BCUT2D eigenvalue weighted by Crippen LogP contribution is -2.45. The number of halogens is 2. The molecule has 1 saturated heterocycles. The number of amides is 1. The standard InChI is InChI=1S/C16H20Cl2N2O2S/c1-11(23)22-10-16(21)19-13-4-6-20(7-5-13)9-12-2-3-14(17)15(18)8-12/h2-3,8,13H,4-7,9-10H2,1H3,(H,19,21). The minimum atomic E-state index is -0.114. The highest BCUT2D eigenvalue weighted by Gasteiger charge is 2.21. The highest BCUT2D eigenvalue weighted by atomic mass is 35.5. The maximum atomic E-state index is 11.7. The molecule has 4 nitrogen and oxygen atoms in total. The van der Waals surface area contributed by atoms with Gasteiger partial charge in [-0.15, -0.1) is 0 Å². The van der Waals surface area contributed by atoms with Crippen molar-refractivity contribution < 1.29 is 9.53 Å². The van der Waals surface area contributed by atoms with E-state index in [2.05, 4.69) is 10.2 Å². The number of hydrogen-bond donors (Lipinski definition) is 1. The first-order valence-electron chi connectivity index (χ1n) is 7.53. The lowest BCUT2D eigenvalue weighted by molar-refractivity contribution is -0.124. The van der Waals surface area contributed by atoms with E-state index in [9.17, 15) is 4.79 Å². The summed E-state index contributed by atoms with van der Waals surface area (Å²) in [6.07, 6.45) is 1.84. The van der Waals surface area contributed by atoms with Gasteiger partial charge in [-0.25, -0.2) is 0 Å². The van der Waals surface area contributed by atoms with Crippen LogP contribution in [0.1, 0.15) is 25.3 Å². The number of piperidine rings is 1. The molecule has 0 radical (unpaired) electrons. The molecule has 0 aliphatic carbocycles. The molecule has 0 bridgehead atoms. The Bertz CT molecular complexity index is 575. The molecule has 23 heavy (non-hydrogen) atoms. The van der Waals surface area contributed by atoms with Crippen LogP contribution in [0.5, 0.6) is 0 Å². The Morgan fingerprint density at radius 1 is 1.35 bits per heavy atom. The zero-order valence-electron chi connectivity index (χ0n) is 13.0. The van der Waals surface area contributed by atoms with Crippen LogP contribution < -0.4 is 5.32 Å². The third-order valence-corrected chi connectivity index (χ3v) is 4.61. The second-order valence-corrected chi connectivity index (χ2v) is 7.04. The summed E-state index contributed by atoms with van der Waals surface area (Å²) in [6.45, 7) is 4.35. The van der Waals surface area contributed by atoms with E-state index >= 15 is 0 Å². The molecule has 1 amide bonds. The number of likely N-dealkylation sites (tertiary alicyclic amines) is 1. The molecule has 0 aromatic heterocycles. The quantitative estimate of drug-likeness (QED) is 0.801. The number of ether oxygens (including phenoxy) is 1. The van der Waals surface area contributed by atoms with Gasteiger partial charge in [-0.05, 0) is 42.8 Å². The molecular formula is C16H20Cl2N2O2S. The summed E-state index contributed by atoms with van der Waals surface area (Å²) in [5.74, 6) is -0.114. The van der Waals surface area contributed by atoms with Crippen molar-refractivity contribution in [3.8, 4) is 0 Å². The van der Waals surface area contributed by atoms with E-state index < -0.39 is 0 Å². The van der Waals surface area contributed by atoms with Crippen molar-refractivity contribution in [2.45, 2.75) is 32.4 Å². The van der Waals surface area contributed by atoms with E-state index in [1.54, 1.807) is 6.92 Å². The number of carbonyl (C=O) groups is 1. The van der Waals surface area contributed by atoms with Gasteiger partial charge < -0.3 is 10.1 Å². The lowest BCUT2D eigenvalue weighted by Gasteiger charge is -2.32. The van der Waals surface area contributed by atoms with E-state index in [0.717, 1.165) is 38.0 Å². The van der Waals surface area contributed by atoms with Crippen molar-refractivity contribution in [3.05, 3.63) is 33.8 Å². The minimum Gasteiger partial charge on any atom is -0.478 e. The van der Waals surface area contributed by atoms with Gasteiger partial charge in [0.25, 0.3) is 5.91 Å². The molecule has 1 heterocycles. The van der Waals surface area contributed by atoms with Gasteiger partial charge in [-0.3, -0.25) is 9.69 Å². The molecule has 1 fully saturated rings. The van der Waals surface area contributed by atoms with E-state index in [0.29, 0.717) is 15.1 Å². The molecule has 1 aromatic rings. The maximum absolute atomic E-state index is 11.7. The molecule has 2 rings (SSSR count). The van der Waals surface area contributed by atoms with Gasteiger partial charge >= 0.3 is 0 Å². The lowest BCUT2D eigenvalue weighted by atomic mass is 10.0. The summed E-state index contributed by atoms with van der Waals surface area (Å²) in [7, 11) is 0. The first-order chi connectivity index (χ1) is 10.9. The van der Waals surface area contributed by atoms with Crippen LogP contribution in [-0.4, -0.2) is 41.6 Å². The molecule has 0 atom stereocenters. The fourth-order valence-corrected chi connectivity index (χ4v) is 2.95. The third-order valence-electron chi connectivity index (χ3n) is 3.75. The van der Waals surface area contributed by atoms with Crippen LogP contribution in [0.2, 0.25) is 10.0 Å². The SMILES string of the molecule is CC(=S)OCC(=O)NC1CCN(Cc2ccc(Cl)c(Cl)c2)CC1. The van der Waals surface area contributed by atoms with E-state index in [1.807, 2.05) is 18.2 Å². The van der Waals surface area contributed by atoms with Gasteiger partial charge in [0.1, 0.15) is 0 Å². The Labute approximate surface area is 152 Å². The van der Waals surface area contributed by atoms with Gasteiger partial charge in [0.05, 0.1) is 10.0 Å². The molecule has 0 saturated carbocycles. The van der Waals surface area contributed by atoms with Gasteiger partial charge in [0, 0.05) is 32.6 Å². The Morgan fingerprint density at radius 2 is 2.04 bits per heavy atom. The summed E-state index contributed by atoms with van der Waals surface area (Å²) in [4.78, 5) is 14.1. The Morgan fingerprint density at radius 3 is 2.65 bits per heavy atom. The summed E-state index contributed by atoms with van der Waals surface area (Å²) >= 11 is 16.8.